The summed E-state index contributed by atoms with van der Waals surface area (Å²) in [5, 5.41) is 3.78. The lowest BCUT2D eigenvalue weighted by Gasteiger charge is -2.39. The molecule has 0 aromatic heterocycles. The van der Waals surface area contributed by atoms with Gasteiger partial charge in [-0.3, -0.25) is 0 Å². The summed E-state index contributed by atoms with van der Waals surface area (Å²) in [4.78, 5) is 2.28. The Morgan fingerprint density at radius 3 is 2.41 bits per heavy atom. The van der Waals surface area contributed by atoms with E-state index in [2.05, 4.69) is 45.1 Å². The Hall–Kier alpha value is -0.120. The van der Waals surface area contributed by atoms with E-state index in [-0.39, 0.29) is 0 Å². The molecule has 3 heteroatoms. The maximum absolute atomic E-state index is 5.60. The van der Waals surface area contributed by atoms with E-state index < -0.39 is 0 Å². The average molecular weight is 242 g/mol. The van der Waals surface area contributed by atoms with Crippen LogP contribution in [-0.4, -0.2) is 50.3 Å². The van der Waals surface area contributed by atoms with Crippen LogP contribution in [0.1, 0.15) is 40.0 Å². The molecule has 0 radical (unpaired) electrons. The Labute approximate surface area is 107 Å². The van der Waals surface area contributed by atoms with Crippen molar-refractivity contribution in [2.75, 3.05) is 27.2 Å². The van der Waals surface area contributed by atoms with Gasteiger partial charge in [0, 0.05) is 25.2 Å². The van der Waals surface area contributed by atoms with Crippen LogP contribution < -0.4 is 5.32 Å². The summed E-state index contributed by atoms with van der Waals surface area (Å²) < 4.78 is 5.60. The van der Waals surface area contributed by atoms with Crippen molar-refractivity contribution in [3.05, 3.63) is 0 Å². The third-order valence-electron chi connectivity index (χ3n) is 3.31. The van der Waals surface area contributed by atoms with Crippen molar-refractivity contribution in [1.29, 1.82) is 0 Å². The van der Waals surface area contributed by atoms with E-state index in [4.69, 9.17) is 4.74 Å². The van der Waals surface area contributed by atoms with Crippen molar-refractivity contribution in [2.24, 2.45) is 5.92 Å². The first-order valence-electron chi connectivity index (χ1n) is 7.03. The predicted octanol–water partition coefficient (Wildman–Crippen LogP) is 2.12. The van der Waals surface area contributed by atoms with Gasteiger partial charge in [-0.15, -0.1) is 0 Å². The number of rotatable bonds is 8. The van der Waals surface area contributed by atoms with Gasteiger partial charge in [-0.05, 0) is 46.2 Å². The van der Waals surface area contributed by atoms with E-state index in [1.165, 1.54) is 19.3 Å². The monoisotopic (exact) mass is 242 g/mol. The van der Waals surface area contributed by atoms with Crippen LogP contribution in [0, 0.1) is 5.92 Å². The maximum atomic E-state index is 5.60. The molecule has 0 aliphatic heterocycles. The maximum Gasteiger partial charge on any atom is 0.0604 e. The first-order chi connectivity index (χ1) is 8.01. The number of nitrogens with zero attached hydrogens (tertiary/aromatic N) is 1. The summed E-state index contributed by atoms with van der Waals surface area (Å²) in [6.07, 6.45) is 4.15. The Morgan fingerprint density at radius 1 is 1.29 bits per heavy atom. The molecule has 0 aromatic carbocycles. The van der Waals surface area contributed by atoms with E-state index in [0.717, 1.165) is 19.1 Å². The SMILES string of the molecule is CCOC1CC(NC(CC(C)C)CN(C)C)C1. The molecule has 102 valence electrons. The van der Waals surface area contributed by atoms with Gasteiger partial charge in [-0.2, -0.15) is 0 Å². The predicted molar refractivity (Wildman–Crippen MR) is 73.4 cm³/mol. The summed E-state index contributed by atoms with van der Waals surface area (Å²) in [7, 11) is 4.30. The molecule has 0 heterocycles. The van der Waals surface area contributed by atoms with Gasteiger partial charge in [0.25, 0.3) is 0 Å². The zero-order chi connectivity index (χ0) is 12.8. The van der Waals surface area contributed by atoms with Crippen molar-refractivity contribution in [1.82, 2.24) is 10.2 Å². The molecule has 1 unspecified atom stereocenters. The molecule has 1 fully saturated rings. The number of likely N-dealkylation sites (N-methyl/N-ethyl adjacent to an activating group) is 1. The third-order valence-corrected chi connectivity index (χ3v) is 3.31. The van der Waals surface area contributed by atoms with Gasteiger partial charge in [-0.1, -0.05) is 13.8 Å². The lowest BCUT2D eigenvalue weighted by atomic mass is 9.88. The van der Waals surface area contributed by atoms with Crippen LogP contribution >= 0.6 is 0 Å². The number of nitrogens with one attached hydrogen (secondary N) is 1. The molecule has 0 spiro atoms. The van der Waals surface area contributed by atoms with Gasteiger partial charge in [0.1, 0.15) is 0 Å². The molecule has 1 aliphatic rings. The lowest BCUT2D eigenvalue weighted by molar-refractivity contribution is -0.0135. The summed E-state index contributed by atoms with van der Waals surface area (Å²) in [6.45, 7) is 8.66. The smallest absolute Gasteiger partial charge is 0.0604 e. The summed E-state index contributed by atoms with van der Waals surface area (Å²) in [5.74, 6) is 0.759. The molecule has 0 aromatic rings. The van der Waals surface area contributed by atoms with Crippen molar-refractivity contribution < 1.29 is 4.74 Å². The van der Waals surface area contributed by atoms with Crippen LogP contribution in [0.15, 0.2) is 0 Å². The molecule has 17 heavy (non-hydrogen) atoms. The van der Waals surface area contributed by atoms with E-state index in [0.29, 0.717) is 18.2 Å². The highest BCUT2D eigenvalue weighted by Crippen LogP contribution is 2.24. The van der Waals surface area contributed by atoms with Gasteiger partial charge >= 0.3 is 0 Å². The second-order valence-corrected chi connectivity index (χ2v) is 6.00. The molecule has 0 bridgehead atoms. The Morgan fingerprint density at radius 2 is 1.94 bits per heavy atom. The fourth-order valence-corrected chi connectivity index (χ4v) is 2.61. The minimum atomic E-state index is 0.511. The molecular weight excluding hydrogens is 212 g/mol. The zero-order valence-corrected chi connectivity index (χ0v) is 12.2. The minimum absolute atomic E-state index is 0.511. The fourth-order valence-electron chi connectivity index (χ4n) is 2.61. The van der Waals surface area contributed by atoms with E-state index in [1.54, 1.807) is 0 Å². The summed E-state index contributed by atoms with van der Waals surface area (Å²) >= 11 is 0. The zero-order valence-electron chi connectivity index (χ0n) is 12.2. The first-order valence-corrected chi connectivity index (χ1v) is 7.03. The van der Waals surface area contributed by atoms with E-state index in [1.807, 2.05) is 0 Å². The normalized spacial score (nSPS) is 26.3. The lowest BCUT2D eigenvalue weighted by Crippen LogP contribution is -2.52. The highest BCUT2D eigenvalue weighted by Gasteiger charge is 2.31. The second-order valence-electron chi connectivity index (χ2n) is 6.00. The molecule has 1 rings (SSSR count). The summed E-state index contributed by atoms with van der Waals surface area (Å²) in [5.41, 5.74) is 0. The molecule has 1 N–H and O–H groups in total. The standard InChI is InChI=1S/C14H30N2O/c1-6-17-14-8-12(9-14)15-13(7-11(2)3)10-16(4)5/h11-15H,6-10H2,1-5H3. The molecule has 0 amide bonds. The van der Waals surface area contributed by atoms with Gasteiger partial charge in [0.15, 0.2) is 0 Å². The topological polar surface area (TPSA) is 24.5 Å². The van der Waals surface area contributed by atoms with Crippen molar-refractivity contribution >= 4 is 0 Å². The Kier molecular flexibility index (Phi) is 6.45. The highest BCUT2D eigenvalue weighted by molar-refractivity contribution is 4.89. The quantitative estimate of drug-likeness (QED) is 0.705. The summed E-state index contributed by atoms with van der Waals surface area (Å²) in [6, 6.07) is 1.30. The van der Waals surface area contributed by atoms with Crippen molar-refractivity contribution in [3.8, 4) is 0 Å². The molecule has 1 saturated carbocycles. The van der Waals surface area contributed by atoms with Gasteiger partial charge in [-0.25, -0.2) is 0 Å². The number of hydrogen-bond donors (Lipinski definition) is 1. The molecule has 1 aliphatic carbocycles. The molecule has 0 saturated heterocycles. The third kappa shape index (κ3) is 5.84. The Balaban J connectivity index is 2.25. The van der Waals surface area contributed by atoms with Crippen LogP contribution in [0.4, 0.5) is 0 Å². The van der Waals surface area contributed by atoms with Crippen LogP contribution in [0.5, 0.6) is 0 Å². The molecule has 3 nitrogen and oxygen atoms in total. The molecular formula is C14H30N2O. The van der Waals surface area contributed by atoms with Crippen molar-refractivity contribution in [2.45, 2.75) is 58.2 Å². The largest absolute Gasteiger partial charge is 0.378 e. The van der Waals surface area contributed by atoms with Crippen LogP contribution in [0.3, 0.4) is 0 Å². The fraction of sp³-hybridized carbons (Fsp3) is 1.00. The van der Waals surface area contributed by atoms with Gasteiger partial charge in [0.05, 0.1) is 6.10 Å². The first kappa shape index (κ1) is 14.9. The minimum Gasteiger partial charge on any atom is -0.378 e. The Bertz CT molecular complexity index is 190. The van der Waals surface area contributed by atoms with Crippen LogP contribution in [-0.2, 0) is 4.74 Å². The van der Waals surface area contributed by atoms with Gasteiger partial charge in [0.2, 0.25) is 0 Å². The van der Waals surface area contributed by atoms with Gasteiger partial charge < -0.3 is 15.0 Å². The number of hydrogen-bond acceptors (Lipinski definition) is 3. The van der Waals surface area contributed by atoms with Crippen molar-refractivity contribution in [3.63, 3.8) is 0 Å². The average Bonchev–Trinajstić information content (AvgIpc) is 2.12. The van der Waals surface area contributed by atoms with Crippen LogP contribution in [0.2, 0.25) is 0 Å². The second kappa shape index (κ2) is 7.34. The van der Waals surface area contributed by atoms with Crippen LogP contribution in [0.25, 0.3) is 0 Å². The van der Waals surface area contributed by atoms with E-state index >= 15 is 0 Å². The highest BCUT2D eigenvalue weighted by atomic mass is 16.5. The molecule has 1 atom stereocenters. The van der Waals surface area contributed by atoms with E-state index in [9.17, 15) is 0 Å². The number of ether oxygens (including phenoxy) is 1.